The van der Waals surface area contributed by atoms with Gasteiger partial charge in [-0.3, -0.25) is 15.5 Å². The molecule has 0 saturated carbocycles. The highest BCUT2D eigenvalue weighted by Crippen LogP contribution is 2.20. The van der Waals surface area contributed by atoms with Crippen LogP contribution < -0.4 is 16.0 Å². The first kappa shape index (κ1) is 13.2. The van der Waals surface area contributed by atoms with Crippen molar-refractivity contribution in [1.82, 2.24) is 9.97 Å². The largest absolute Gasteiger partial charge is 0.323 e. The van der Waals surface area contributed by atoms with Crippen LogP contribution in [0.1, 0.15) is 5.69 Å². The van der Waals surface area contributed by atoms with Gasteiger partial charge >= 0.3 is 0 Å². The maximum Gasteiger partial charge on any atom is 0.266 e. The van der Waals surface area contributed by atoms with Crippen molar-refractivity contribution < 1.29 is 8.42 Å². The van der Waals surface area contributed by atoms with Crippen LogP contribution in [0.25, 0.3) is 0 Å². The van der Waals surface area contributed by atoms with E-state index >= 15 is 0 Å². The van der Waals surface area contributed by atoms with E-state index in [0.717, 1.165) is 0 Å². The van der Waals surface area contributed by atoms with Gasteiger partial charge in [0.1, 0.15) is 10.7 Å². The molecule has 0 aliphatic rings. The van der Waals surface area contributed by atoms with E-state index in [9.17, 15) is 8.42 Å². The molecular weight excluding hydrogens is 266 g/mol. The molecule has 0 saturated heterocycles. The van der Waals surface area contributed by atoms with Gasteiger partial charge in [0, 0.05) is 18.1 Å². The van der Waals surface area contributed by atoms with Crippen LogP contribution in [0.2, 0.25) is 0 Å². The summed E-state index contributed by atoms with van der Waals surface area (Å²) in [6.45, 7) is 1.77. The molecule has 0 amide bonds. The summed E-state index contributed by atoms with van der Waals surface area (Å²) in [4.78, 5) is 7.82. The molecule has 2 aromatic heterocycles. The molecule has 0 bridgehead atoms. The number of nitrogens with zero attached hydrogens (tertiary/aromatic N) is 2. The molecule has 0 radical (unpaired) electrons. The third-order valence-electron chi connectivity index (χ3n) is 2.36. The normalized spacial score (nSPS) is 11.1. The zero-order valence-electron chi connectivity index (χ0n) is 10.2. The van der Waals surface area contributed by atoms with Crippen molar-refractivity contribution in [3.05, 3.63) is 42.4 Å². The minimum Gasteiger partial charge on any atom is -0.323 e. The van der Waals surface area contributed by atoms with E-state index in [2.05, 4.69) is 20.1 Å². The number of sulfonamides is 1. The van der Waals surface area contributed by atoms with Crippen molar-refractivity contribution in [3.63, 3.8) is 0 Å². The Hall–Kier alpha value is -2.19. The Morgan fingerprint density at radius 2 is 2.05 bits per heavy atom. The van der Waals surface area contributed by atoms with Crippen LogP contribution in [-0.4, -0.2) is 18.4 Å². The molecule has 2 aromatic rings. The first-order valence-electron chi connectivity index (χ1n) is 5.40. The Labute approximate surface area is 110 Å². The number of hydrogen-bond donors (Lipinski definition) is 3. The van der Waals surface area contributed by atoms with Crippen molar-refractivity contribution in [2.24, 2.45) is 5.84 Å². The lowest BCUT2D eigenvalue weighted by Crippen LogP contribution is -2.18. The van der Waals surface area contributed by atoms with Crippen LogP contribution in [0.4, 0.5) is 11.5 Å². The average Bonchev–Trinajstić information content (AvgIpc) is 2.38. The molecule has 0 aliphatic heterocycles. The quantitative estimate of drug-likeness (QED) is 0.566. The molecule has 7 nitrogen and oxygen atoms in total. The van der Waals surface area contributed by atoms with Gasteiger partial charge in [-0.1, -0.05) is 6.07 Å². The van der Waals surface area contributed by atoms with E-state index in [-0.39, 0.29) is 16.4 Å². The smallest absolute Gasteiger partial charge is 0.266 e. The summed E-state index contributed by atoms with van der Waals surface area (Å²) in [5.41, 5.74) is 3.29. The summed E-state index contributed by atoms with van der Waals surface area (Å²) in [5.74, 6) is 5.52. The highest BCUT2D eigenvalue weighted by atomic mass is 32.2. The van der Waals surface area contributed by atoms with Crippen molar-refractivity contribution in [1.29, 1.82) is 0 Å². The fourth-order valence-electron chi connectivity index (χ4n) is 1.51. The van der Waals surface area contributed by atoms with Gasteiger partial charge in [-0.05, 0) is 25.1 Å². The second-order valence-corrected chi connectivity index (χ2v) is 5.44. The number of hydrazine groups is 1. The third kappa shape index (κ3) is 2.98. The topological polar surface area (TPSA) is 110 Å². The number of rotatable bonds is 4. The maximum atomic E-state index is 12.2. The number of nitrogens with one attached hydrogen (secondary N) is 2. The Kier molecular flexibility index (Phi) is 3.63. The van der Waals surface area contributed by atoms with Gasteiger partial charge in [0.2, 0.25) is 0 Å². The van der Waals surface area contributed by atoms with Crippen molar-refractivity contribution in [2.75, 3.05) is 10.1 Å². The molecule has 2 rings (SSSR count). The molecule has 4 N–H and O–H groups in total. The summed E-state index contributed by atoms with van der Waals surface area (Å²) in [6.07, 6.45) is 2.66. The molecular formula is C11H13N5O2S. The SMILES string of the molecule is Cc1cccc(NS(=O)(=O)c2cnccc2NN)n1. The summed E-state index contributed by atoms with van der Waals surface area (Å²) < 4.78 is 26.8. The summed E-state index contributed by atoms with van der Waals surface area (Å²) in [7, 11) is -3.79. The fourth-order valence-corrected chi connectivity index (χ4v) is 2.62. The summed E-state index contributed by atoms with van der Waals surface area (Å²) in [5, 5.41) is 0. The van der Waals surface area contributed by atoms with Crippen LogP contribution in [0, 0.1) is 6.92 Å². The third-order valence-corrected chi connectivity index (χ3v) is 3.74. The van der Waals surface area contributed by atoms with Gasteiger partial charge < -0.3 is 5.43 Å². The summed E-state index contributed by atoms with van der Waals surface area (Å²) >= 11 is 0. The van der Waals surface area contributed by atoms with Gasteiger partial charge in [-0.2, -0.15) is 0 Å². The minimum absolute atomic E-state index is 0.0409. The molecule has 8 heteroatoms. The molecule has 100 valence electrons. The number of hydrogen-bond acceptors (Lipinski definition) is 6. The lowest BCUT2D eigenvalue weighted by atomic mass is 10.4. The van der Waals surface area contributed by atoms with E-state index in [4.69, 9.17) is 5.84 Å². The van der Waals surface area contributed by atoms with E-state index in [1.54, 1.807) is 25.1 Å². The van der Waals surface area contributed by atoms with Gasteiger partial charge in [-0.25, -0.2) is 13.4 Å². The van der Waals surface area contributed by atoms with Crippen LogP contribution in [0.3, 0.4) is 0 Å². The number of nitrogen functional groups attached to an aromatic ring is 1. The second kappa shape index (κ2) is 5.21. The average molecular weight is 279 g/mol. The molecule has 0 spiro atoms. The Morgan fingerprint density at radius 3 is 2.74 bits per heavy atom. The monoisotopic (exact) mass is 279 g/mol. The van der Waals surface area contributed by atoms with Crippen LogP contribution in [-0.2, 0) is 10.0 Å². The zero-order chi connectivity index (χ0) is 13.9. The van der Waals surface area contributed by atoms with E-state index in [1.807, 2.05) is 0 Å². The molecule has 0 atom stereocenters. The molecule has 0 aliphatic carbocycles. The number of nitrogens with two attached hydrogens (primary N) is 1. The Morgan fingerprint density at radius 1 is 1.26 bits per heavy atom. The van der Waals surface area contributed by atoms with Gasteiger partial charge in [0.15, 0.2) is 0 Å². The molecule has 0 aromatic carbocycles. The molecule has 19 heavy (non-hydrogen) atoms. The minimum atomic E-state index is -3.79. The molecule has 0 unspecified atom stereocenters. The maximum absolute atomic E-state index is 12.2. The predicted octanol–water partition coefficient (Wildman–Crippen LogP) is 0.871. The molecule has 2 heterocycles. The van der Waals surface area contributed by atoms with Crippen LogP contribution in [0.15, 0.2) is 41.6 Å². The first-order chi connectivity index (χ1) is 9.03. The highest BCUT2D eigenvalue weighted by molar-refractivity contribution is 7.92. The van der Waals surface area contributed by atoms with Crippen LogP contribution in [0.5, 0.6) is 0 Å². The van der Waals surface area contributed by atoms with Crippen LogP contribution >= 0.6 is 0 Å². The van der Waals surface area contributed by atoms with Gasteiger partial charge in [0.05, 0.1) is 5.69 Å². The number of aryl methyl sites for hydroxylation is 1. The molecule has 0 fully saturated rings. The predicted molar refractivity (Wildman–Crippen MR) is 71.8 cm³/mol. The van der Waals surface area contributed by atoms with E-state index < -0.39 is 10.0 Å². The summed E-state index contributed by atoms with van der Waals surface area (Å²) in [6, 6.07) is 6.52. The lowest BCUT2D eigenvalue weighted by molar-refractivity contribution is 0.601. The second-order valence-electron chi connectivity index (χ2n) is 3.79. The highest BCUT2D eigenvalue weighted by Gasteiger charge is 2.19. The van der Waals surface area contributed by atoms with Crippen molar-refractivity contribution >= 4 is 21.5 Å². The fraction of sp³-hybridized carbons (Fsp3) is 0.0909. The Bertz CT molecular complexity index is 687. The van der Waals surface area contributed by atoms with Crippen molar-refractivity contribution in [2.45, 2.75) is 11.8 Å². The van der Waals surface area contributed by atoms with Gasteiger partial charge in [-0.15, -0.1) is 0 Å². The lowest BCUT2D eigenvalue weighted by Gasteiger charge is -2.10. The van der Waals surface area contributed by atoms with Gasteiger partial charge in [0.25, 0.3) is 10.0 Å². The number of aromatic nitrogens is 2. The first-order valence-corrected chi connectivity index (χ1v) is 6.88. The van der Waals surface area contributed by atoms with E-state index in [1.165, 1.54) is 18.5 Å². The number of pyridine rings is 2. The number of anilines is 2. The zero-order valence-corrected chi connectivity index (χ0v) is 11.0. The standard InChI is InChI=1S/C11H13N5O2S/c1-8-3-2-4-11(14-8)16-19(17,18)10-7-13-6-5-9(10)15-12/h2-7H,12H2,1H3,(H,13,15)(H,14,16). The van der Waals surface area contributed by atoms with E-state index in [0.29, 0.717) is 5.69 Å². The van der Waals surface area contributed by atoms with Crippen molar-refractivity contribution in [3.8, 4) is 0 Å². The Balaban J connectivity index is 2.38.